The summed E-state index contributed by atoms with van der Waals surface area (Å²) in [4.78, 5) is 0. The van der Waals surface area contributed by atoms with Gasteiger partial charge in [-0.25, -0.2) is 0 Å². The zero-order valence-electron chi connectivity index (χ0n) is 12.9. The molecule has 21 heavy (non-hydrogen) atoms. The Morgan fingerprint density at radius 3 is 1.38 bits per heavy atom. The van der Waals surface area contributed by atoms with Crippen LogP contribution in [0.4, 0.5) is 0 Å². The molecule has 128 valence electrons. The second kappa shape index (κ2) is 27.8. The van der Waals surface area contributed by atoms with E-state index in [-0.39, 0.29) is 16.5 Å². The third kappa shape index (κ3) is 32.8. The summed E-state index contributed by atoms with van der Waals surface area (Å²) in [5, 5.41) is 8.09. The first-order valence-electron chi connectivity index (χ1n) is 7.25. The molecule has 0 unspecified atom stereocenters. The van der Waals surface area contributed by atoms with Crippen LogP contribution in [0.3, 0.4) is 0 Å². The summed E-state index contributed by atoms with van der Waals surface area (Å²) in [6.07, 6.45) is 11.8. The van der Waals surface area contributed by atoms with E-state index in [0.717, 1.165) is 19.6 Å². The molecule has 0 saturated carbocycles. The SMILES string of the molecule is C1=CC[N-]C=C1.C1CC[N-]CC1.NCCN.NCCN.[Ni+2]. The van der Waals surface area contributed by atoms with Crippen molar-refractivity contribution in [3.8, 4) is 0 Å². The smallest absolute Gasteiger partial charge is 0.687 e. The molecule has 0 atom stereocenters. The zero-order valence-corrected chi connectivity index (χ0v) is 13.9. The number of allylic oxidation sites excluding steroid dienone is 2. The van der Waals surface area contributed by atoms with Crippen LogP contribution in [-0.2, 0) is 16.5 Å². The second-order valence-electron chi connectivity index (χ2n) is 4.02. The summed E-state index contributed by atoms with van der Waals surface area (Å²) in [6, 6.07) is 0. The molecule has 2 aliphatic rings. The van der Waals surface area contributed by atoms with Crippen molar-refractivity contribution < 1.29 is 16.5 Å². The Hall–Kier alpha value is -0.426. The number of piperidine rings is 1. The first-order chi connectivity index (χ1) is 9.83. The fourth-order valence-electron chi connectivity index (χ4n) is 1.11. The average Bonchev–Trinajstić information content (AvgIpc) is 2.59. The van der Waals surface area contributed by atoms with Gasteiger partial charge in [-0.3, -0.25) is 0 Å². The summed E-state index contributed by atoms with van der Waals surface area (Å²) < 4.78 is 0. The van der Waals surface area contributed by atoms with Crippen LogP contribution in [0.1, 0.15) is 19.3 Å². The van der Waals surface area contributed by atoms with E-state index in [1.54, 1.807) is 6.20 Å². The monoisotopic (exact) mass is 342 g/mol. The van der Waals surface area contributed by atoms with E-state index >= 15 is 0 Å². The maximum Gasteiger partial charge on any atom is 2.00 e. The van der Waals surface area contributed by atoms with Crippen molar-refractivity contribution in [1.82, 2.24) is 0 Å². The zero-order chi connectivity index (χ0) is 15.3. The molecule has 0 aromatic carbocycles. The molecule has 1 fully saturated rings. The summed E-state index contributed by atoms with van der Waals surface area (Å²) in [5.74, 6) is 0. The number of hydrogen-bond acceptors (Lipinski definition) is 4. The summed E-state index contributed by atoms with van der Waals surface area (Å²) in [7, 11) is 0. The van der Waals surface area contributed by atoms with Crippen molar-refractivity contribution in [3.05, 3.63) is 35.1 Å². The minimum Gasteiger partial charge on any atom is -0.687 e. The van der Waals surface area contributed by atoms with Gasteiger partial charge < -0.3 is 33.6 Å². The number of nitrogens with zero attached hydrogens (tertiary/aromatic N) is 2. The van der Waals surface area contributed by atoms with Crippen LogP contribution in [0.2, 0.25) is 0 Å². The Morgan fingerprint density at radius 2 is 1.29 bits per heavy atom. The van der Waals surface area contributed by atoms with Gasteiger partial charge in [0.1, 0.15) is 0 Å². The van der Waals surface area contributed by atoms with Gasteiger partial charge in [-0.2, -0.15) is 6.20 Å². The van der Waals surface area contributed by atoms with Crippen molar-refractivity contribution >= 4 is 0 Å². The van der Waals surface area contributed by atoms with Crippen molar-refractivity contribution in [3.63, 3.8) is 0 Å². The van der Waals surface area contributed by atoms with Crippen LogP contribution >= 0.6 is 0 Å². The molecule has 7 heteroatoms. The molecule has 2 aliphatic heterocycles. The maximum atomic E-state index is 4.90. The van der Waals surface area contributed by atoms with Crippen LogP contribution in [-0.4, -0.2) is 45.8 Å². The van der Waals surface area contributed by atoms with Gasteiger partial charge >= 0.3 is 16.5 Å². The Balaban J connectivity index is -0.000000208. The van der Waals surface area contributed by atoms with Crippen molar-refractivity contribution in [1.29, 1.82) is 0 Å². The van der Waals surface area contributed by atoms with E-state index in [1.165, 1.54) is 19.3 Å². The summed E-state index contributed by atoms with van der Waals surface area (Å²) in [5.41, 5.74) is 19.6. The van der Waals surface area contributed by atoms with E-state index in [9.17, 15) is 0 Å². The molecule has 8 N–H and O–H groups in total. The van der Waals surface area contributed by atoms with Crippen molar-refractivity contribution in [2.45, 2.75) is 19.3 Å². The quantitative estimate of drug-likeness (QED) is 0.552. The molecule has 0 amide bonds. The molecule has 1 saturated heterocycles. The fraction of sp³-hybridized carbons (Fsp3) is 0.714. The maximum absolute atomic E-state index is 4.90. The second-order valence-corrected chi connectivity index (χ2v) is 4.02. The van der Waals surface area contributed by atoms with Crippen molar-refractivity contribution in [2.24, 2.45) is 22.9 Å². The summed E-state index contributed by atoms with van der Waals surface area (Å²) >= 11 is 0. The van der Waals surface area contributed by atoms with Gasteiger partial charge in [-0.1, -0.05) is 31.4 Å². The van der Waals surface area contributed by atoms with E-state index in [2.05, 4.69) is 10.6 Å². The third-order valence-corrected chi connectivity index (χ3v) is 2.12. The van der Waals surface area contributed by atoms with Crippen LogP contribution < -0.4 is 22.9 Å². The Morgan fingerprint density at radius 1 is 0.762 bits per heavy atom. The van der Waals surface area contributed by atoms with E-state index in [0.29, 0.717) is 26.2 Å². The Kier molecular flexibility index (Phi) is 33.8. The largest absolute Gasteiger partial charge is 2.00 e. The molecule has 0 bridgehead atoms. The topological polar surface area (TPSA) is 132 Å². The minimum atomic E-state index is 0. The van der Waals surface area contributed by atoms with Crippen molar-refractivity contribution in [2.75, 3.05) is 45.8 Å². The first kappa shape index (κ1) is 25.5. The molecule has 0 radical (unpaired) electrons. The molecule has 6 nitrogen and oxygen atoms in total. The third-order valence-electron chi connectivity index (χ3n) is 2.12. The van der Waals surface area contributed by atoms with Gasteiger partial charge in [0.25, 0.3) is 0 Å². The van der Waals surface area contributed by atoms with Crippen LogP contribution in [0.5, 0.6) is 0 Å². The Bertz CT molecular complexity index is 176. The number of hydrogen-bond donors (Lipinski definition) is 4. The van der Waals surface area contributed by atoms with E-state index < -0.39 is 0 Å². The van der Waals surface area contributed by atoms with E-state index in [4.69, 9.17) is 22.9 Å². The molecule has 2 heterocycles. The molecule has 0 aromatic heterocycles. The van der Waals surface area contributed by atoms with Gasteiger partial charge in [-0.05, 0) is 0 Å². The van der Waals surface area contributed by atoms with Gasteiger partial charge in [0, 0.05) is 26.2 Å². The van der Waals surface area contributed by atoms with Gasteiger partial charge in [0.15, 0.2) is 0 Å². The predicted octanol–water partition coefficient (Wildman–Crippen LogP) is 0.793. The van der Waals surface area contributed by atoms with Crippen LogP contribution in [0, 0.1) is 0 Å². The standard InChI is InChI=1S/C5H10N.C5H6N.2C2H8N2.Ni/c2*1-2-4-6-5-3-1;2*3-1-2-4;/h1-5H2;1-4H,5H2;2*1-4H2;/q2*-1;;;+2. The number of nitrogens with two attached hydrogens (primary N) is 4. The predicted molar refractivity (Wildman–Crippen MR) is 89.7 cm³/mol. The fourth-order valence-corrected chi connectivity index (χ4v) is 1.11. The number of rotatable bonds is 2. The normalized spacial score (nSPS) is 14.7. The van der Waals surface area contributed by atoms with Crippen LogP contribution in [0.15, 0.2) is 24.4 Å². The molecular formula is C14H32N6Ni. The molecule has 0 aliphatic carbocycles. The molecular weight excluding hydrogens is 311 g/mol. The molecule has 0 aromatic rings. The van der Waals surface area contributed by atoms with E-state index in [1.807, 2.05) is 18.2 Å². The van der Waals surface area contributed by atoms with Crippen LogP contribution in [0.25, 0.3) is 10.6 Å². The average molecular weight is 343 g/mol. The minimum absolute atomic E-state index is 0. The van der Waals surface area contributed by atoms with Gasteiger partial charge in [0.05, 0.1) is 0 Å². The van der Waals surface area contributed by atoms with Gasteiger partial charge in [-0.15, -0.1) is 25.7 Å². The molecule has 0 spiro atoms. The Labute approximate surface area is 140 Å². The summed E-state index contributed by atoms with van der Waals surface area (Å²) in [6.45, 7) is 5.50. The van der Waals surface area contributed by atoms with Gasteiger partial charge in [0.2, 0.25) is 0 Å². The first-order valence-corrected chi connectivity index (χ1v) is 7.25. The molecule has 2 rings (SSSR count).